The molecule has 2 rings (SSSR count). The molecule has 0 radical (unpaired) electrons. The Balaban J connectivity index is 2.21. The van der Waals surface area contributed by atoms with Gasteiger partial charge in [0.2, 0.25) is 15.9 Å². The maximum Gasteiger partial charge on any atom is 0.241 e. The summed E-state index contributed by atoms with van der Waals surface area (Å²) in [4.78, 5) is 12.8. The van der Waals surface area contributed by atoms with E-state index in [2.05, 4.69) is 10.0 Å². The minimum absolute atomic E-state index is 0.121. The van der Waals surface area contributed by atoms with Gasteiger partial charge in [-0.05, 0) is 31.0 Å². The zero-order valence-electron chi connectivity index (χ0n) is 14.9. The molecule has 2 atom stereocenters. The Kier molecular flexibility index (Phi) is 7.32. The Morgan fingerprint density at radius 2 is 1.62 bits per heavy atom. The molecule has 0 spiro atoms. The molecule has 0 bridgehead atoms. The number of benzene rings is 2. The molecule has 2 aromatic carbocycles. The third-order valence-corrected chi connectivity index (χ3v) is 5.24. The number of carbonyl (C=O) groups is 1. The van der Waals surface area contributed by atoms with E-state index in [4.69, 9.17) is 4.74 Å². The Hall–Kier alpha value is -2.22. The average molecular weight is 376 g/mol. The van der Waals surface area contributed by atoms with E-state index in [9.17, 15) is 13.2 Å². The molecule has 2 aromatic rings. The van der Waals surface area contributed by atoms with Crippen molar-refractivity contribution >= 4 is 15.9 Å². The number of methoxy groups -OCH3 is 1. The van der Waals surface area contributed by atoms with Crippen LogP contribution in [0, 0.1) is 0 Å². The van der Waals surface area contributed by atoms with E-state index < -0.39 is 22.0 Å². The first-order valence-corrected chi connectivity index (χ1v) is 9.81. The lowest BCUT2D eigenvalue weighted by Crippen LogP contribution is -2.50. The Morgan fingerprint density at radius 1 is 1.04 bits per heavy atom. The number of hydrogen-bond acceptors (Lipinski definition) is 4. The number of amides is 1. The topological polar surface area (TPSA) is 84.5 Å². The number of rotatable bonds is 9. The molecule has 7 heteroatoms. The van der Waals surface area contributed by atoms with Gasteiger partial charge in [-0.15, -0.1) is 0 Å². The number of carbonyl (C=O) groups excluding carboxylic acids is 1. The van der Waals surface area contributed by atoms with Gasteiger partial charge in [0, 0.05) is 13.2 Å². The van der Waals surface area contributed by atoms with Gasteiger partial charge in [-0.2, -0.15) is 4.72 Å². The lowest BCUT2D eigenvalue weighted by molar-refractivity contribution is -0.123. The summed E-state index contributed by atoms with van der Waals surface area (Å²) in [6.07, 6.45) is 0.248. The van der Waals surface area contributed by atoms with Crippen LogP contribution in [0.2, 0.25) is 0 Å². The van der Waals surface area contributed by atoms with E-state index in [0.717, 1.165) is 5.56 Å². The first-order valence-electron chi connectivity index (χ1n) is 8.33. The van der Waals surface area contributed by atoms with Gasteiger partial charge in [0.1, 0.15) is 6.04 Å². The van der Waals surface area contributed by atoms with E-state index in [1.165, 1.54) is 12.1 Å². The van der Waals surface area contributed by atoms with Crippen LogP contribution >= 0.6 is 0 Å². The molecular formula is C19H24N2O4S. The SMILES string of the molecule is COC[C@H](C)NC(=O)[C@@H](Cc1ccccc1)NS(=O)(=O)c1ccccc1. The summed E-state index contributed by atoms with van der Waals surface area (Å²) in [6, 6.07) is 16.1. The Morgan fingerprint density at radius 3 is 2.19 bits per heavy atom. The predicted molar refractivity (Wildman–Crippen MR) is 100 cm³/mol. The quantitative estimate of drug-likeness (QED) is 0.698. The van der Waals surface area contributed by atoms with E-state index >= 15 is 0 Å². The van der Waals surface area contributed by atoms with Crippen LogP contribution in [0.4, 0.5) is 0 Å². The highest BCUT2D eigenvalue weighted by Crippen LogP contribution is 2.11. The molecule has 0 saturated heterocycles. The van der Waals surface area contributed by atoms with Gasteiger partial charge in [0.15, 0.2) is 0 Å². The van der Waals surface area contributed by atoms with E-state index in [-0.39, 0.29) is 17.4 Å². The second kappa shape index (κ2) is 9.47. The summed E-state index contributed by atoms with van der Waals surface area (Å²) < 4.78 is 32.8. The summed E-state index contributed by atoms with van der Waals surface area (Å²) >= 11 is 0. The van der Waals surface area contributed by atoms with Crippen LogP contribution in [0.5, 0.6) is 0 Å². The highest BCUT2D eigenvalue weighted by Gasteiger charge is 2.26. The molecule has 0 aliphatic rings. The number of ether oxygens (including phenoxy) is 1. The van der Waals surface area contributed by atoms with Crippen molar-refractivity contribution in [2.75, 3.05) is 13.7 Å². The molecule has 0 aliphatic carbocycles. The van der Waals surface area contributed by atoms with Gasteiger partial charge in [0.25, 0.3) is 0 Å². The van der Waals surface area contributed by atoms with Crippen LogP contribution in [0.3, 0.4) is 0 Å². The van der Waals surface area contributed by atoms with Crippen molar-refractivity contribution < 1.29 is 17.9 Å². The molecule has 0 unspecified atom stereocenters. The summed E-state index contributed by atoms with van der Waals surface area (Å²) in [5.74, 6) is -0.391. The average Bonchev–Trinajstić information content (AvgIpc) is 2.63. The van der Waals surface area contributed by atoms with Crippen LogP contribution in [-0.4, -0.2) is 40.1 Å². The second-order valence-corrected chi connectivity index (χ2v) is 7.76. The number of sulfonamides is 1. The standard InChI is InChI=1S/C19H24N2O4S/c1-15(14-25-2)20-19(22)18(13-16-9-5-3-6-10-16)21-26(23,24)17-11-7-4-8-12-17/h3-12,15,18,21H,13-14H2,1-2H3,(H,20,22)/t15-,18+/m0/s1. The Labute approximate surface area is 154 Å². The smallest absolute Gasteiger partial charge is 0.241 e. The highest BCUT2D eigenvalue weighted by atomic mass is 32.2. The summed E-state index contributed by atoms with van der Waals surface area (Å²) in [6.45, 7) is 2.14. The summed E-state index contributed by atoms with van der Waals surface area (Å²) in [5, 5.41) is 2.78. The third-order valence-electron chi connectivity index (χ3n) is 3.76. The van der Waals surface area contributed by atoms with E-state index in [0.29, 0.717) is 6.61 Å². The van der Waals surface area contributed by atoms with Crippen molar-refractivity contribution in [1.82, 2.24) is 10.0 Å². The zero-order chi connectivity index (χ0) is 19.0. The van der Waals surface area contributed by atoms with Crippen molar-refractivity contribution in [3.8, 4) is 0 Å². The minimum Gasteiger partial charge on any atom is -0.383 e. The lowest BCUT2D eigenvalue weighted by Gasteiger charge is -2.21. The van der Waals surface area contributed by atoms with Crippen molar-refractivity contribution in [3.05, 3.63) is 66.2 Å². The van der Waals surface area contributed by atoms with E-state index in [1.54, 1.807) is 32.2 Å². The fourth-order valence-electron chi connectivity index (χ4n) is 2.53. The maximum atomic E-state index is 12.6. The Bertz CT molecular complexity index is 795. The molecule has 26 heavy (non-hydrogen) atoms. The van der Waals surface area contributed by atoms with Crippen molar-refractivity contribution in [1.29, 1.82) is 0 Å². The van der Waals surface area contributed by atoms with Gasteiger partial charge in [-0.3, -0.25) is 4.79 Å². The van der Waals surface area contributed by atoms with Crippen molar-refractivity contribution in [2.24, 2.45) is 0 Å². The molecule has 140 valence electrons. The van der Waals surface area contributed by atoms with E-state index in [1.807, 2.05) is 30.3 Å². The fourth-order valence-corrected chi connectivity index (χ4v) is 3.74. The minimum atomic E-state index is -3.81. The third kappa shape index (κ3) is 5.94. The predicted octanol–water partition coefficient (Wildman–Crippen LogP) is 1.73. The monoisotopic (exact) mass is 376 g/mol. The highest BCUT2D eigenvalue weighted by molar-refractivity contribution is 7.89. The van der Waals surface area contributed by atoms with Crippen LogP contribution in [0.15, 0.2) is 65.6 Å². The first kappa shape index (κ1) is 20.1. The molecule has 6 nitrogen and oxygen atoms in total. The van der Waals surface area contributed by atoms with Crippen LogP contribution in [-0.2, 0) is 26.0 Å². The molecule has 1 amide bonds. The second-order valence-electron chi connectivity index (χ2n) is 6.04. The molecule has 0 aliphatic heterocycles. The van der Waals surface area contributed by atoms with Crippen molar-refractivity contribution in [3.63, 3.8) is 0 Å². The van der Waals surface area contributed by atoms with Gasteiger partial charge in [-0.1, -0.05) is 48.5 Å². The molecule has 0 heterocycles. The normalized spacial score (nSPS) is 13.8. The zero-order valence-corrected chi connectivity index (χ0v) is 15.7. The van der Waals surface area contributed by atoms with Gasteiger partial charge in [0.05, 0.1) is 11.5 Å². The number of hydrogen-bond donors (Lipinski definition) is 2. The first-order chi connectivity index (χ1) is 12.4. The molecule has 0 saturated carbocycles. The number of nitrogens with one attached hydrogen (secondary N) is 2. The summed E-state index contributed by atoms with van der Waals surface area (Å²) in [7, 11) is -2.27. The maximum absolute atomic E-state index is 12.6. The summed E-state index contributed by atoms with van der Waals surface area (Å²) in [5.41, 5.74) is 0.864. The van der Waals surface area contributed by atoms with Crippen molar-refractivity contribution in [2.45, 2.75) is 30.3 Å². The van der Waals surface area contributed by atoms with Gasteiger partial charge in [-0.25, -0.2) is 8.42 Å². The van der Waals surface area contributed by atoms with Crippen LogP contribution in [0.1, 0.15) is 12.5 Å². The lowest BCUT2D eigenvalue weighted by atomic mass is 10.1. The molecular weight excluding hydrogens is 352 g/mol. The van der Waals surface area contributed by atoms with Crippen LogP contribution < -0.4 is 10.0 Å². The van der Waals surface area contributed by atoms with Crippen LogP contribution in [0.25, 0.3) is 0 Å². The van der Waals surface area contributed by atoms with Gasteiger partial charge < -0.3 is 10.1 Å². The fraction of sp³-hybridized carbons (Fsp3) is 0.316. The molecule has 0 fully saturated rings. The molecule has 2 N–H and O–H groups in total. The largest absolute Gasteiger partial charge is 0.383 e. The molecule has 0 aromatic heterocycles. The van der Waals surface area contributed by atoms with Gasteiger partial charge >= 0.3 is 0 Å².